The van der Waals surface area contributed by atoms with Crippen molar-refractivity contribution in [1.82, 2.24) is 10.2 Å². The number of rotatable bonds is 7. The summed E-state index contributed by atoms with van der Waals surface area (Å²) in [6, 6.07) is 12.2. The van der Waals surface area contributed by atoms with Crippen molar-refractivity contribution in [2.45, 2.75) is 32.1 Å². The largest absolute Gasteiger partial charge is 0.492 e. The van der Waals surface area contributed by atoms with Crippen LogP contribution in [0.5, 0.6) is 5.75 Å². The summed E-state index contributed by atoms with van der Waals surface area (Å²) in [5.74, 6) is 0.247. The van der Waals surface area contributed by atoms with E-state index in [0.29, 0.717) is 40.1 Å². The van der Waals surface area contributed by atoms with E-state index in [9.17, 15) is 9.59 Å². The molecule has 0 aromatic heterocycles. The molecule has 1 aliphatic heterocycles. The number of halogens is 2. The van der Waals surface area contributed by atoms with E-state index in [1.165, 1.54) is 0 Å². The highest BCUT2D eigenvalue weighted by atomic mass is 35.5. The summed E-state index contributed by atoms with van der Waals surface area (Å²) in [5, 5.41) is 6.73. The van der Waals surface area contributed by atoms with Gasteiger partial charge in [0.25, 0.3) is 5.91 Å². The lowest BCUT2D eigenvalue weighted by atomic mass is 10.1. The number of benzene rings is 2. The van der Waals surface area contributed by atoms with Gasteiger partial charge in [0.05, 0.1) is 22.9 Å². The van der Waals surface area contributed by atoms with Gasteiger partial charge in [-0.3, -0.25) is 9.59 Å². The number of carbonyl (C=O) groups is 2. The van der Waals surface area contributed by atoms with Gasteiger partial charge >= 0.3 is 0 Å². The molecule has 2 aromatic carbocycles. The van der Waals surface area contributed by atoms with E-state index >= 15 is 0 Å². The average Bonchev–Trinajstić information content (AvgIpc) is 2.78. The van der Waals surface area contributed by atoms with Crippen LogP contribution in [0, 0.1) is 0 Å². The molecule has 2 N–H and O–H groups in total. The van der Waals surface area contributed by atoms with Gasteiger partial charge in [0, 0.05) is 24.5 Å². The number of nitrogens with one attached hydrogen (secondary N) is 2. The second-order valence-corrected chi connectivity index (χ2v) is 8.68. The van der Waals surface area contributed by atoms with Crippen molar-refractivity contribution >= 4 is 58.0 Å². The first-order valence-corrected chi connectivity index (χ1v) is 11.7. The normalized spacial score (nSPS) is 13.4. The van der Waals surface area contributed by atoms with Crippen LogP contribution < -0.4 is 15.4 Å². The lowest BCUT2D eigenvalue weighted by molar-refractivity contribution is -0.119. The number of likely N-dealkylation sites (tertiary alicyclic amines) is 1. The number of para-hydroxylation sites is 1. The Balaban J connectivity index is 1.46. The summed E-state index contributed by atoms with van der Waals surface area (Å²) >= 11 is 17.2. The number of piperidine rings is 1. The predicted molar refractivity (Wildman–Crippen MR) is 132 cm³/mol. The van der Waals surface area contributed by atoms with Crippen LogP contribution in [0.4, 0.5) is 5.69 Å². The van der Waals surface area contributed by atoms with Gasteiger partial charge in [-0.15, -0.1) is 0 Å². The van der Waals surface area contributed by atoms with Gasteiger partial charge in [0.1, 0.15) is 5.75 Å². The molecule has 0 bridgehead atoms. The molecule has 1 aliphatic rings. The Morgan fingerprint density at radius 1 is 1.06 bits per heavy atom. The minimum absolute atomic E-state index is 0.0278. The molecule has 0 atom stereocenters. The molecule has 1 heterocycles. The summed E-state index contributed by atoms with van der Waals surface area (Å²) in [6.45, 7) is 1.84. The predicted octanol–water partition coefficient (Wildman–Crippen LogP) is 5.29. The van der Waals surface area contributed by atoms with E-state index in [1.807, 2.05) is 17.0 Å². The van der Waals surface area contributed by atoms with Gasteiger partial charge in [-0.2, -0.15) is 0 Å². The van der Waals surface area contributed by atoms with Crippen LogP contribution >= 0.6 is 35.4 Å². The van der Waals surface area contributed by atoms with Crippen molar-refractivity contribution in [2.75, 3.05) is 25.0 Å². The smallest absolute Gasteiger partial charge is 0.255 e. The number of hydrogen-bond acceptors (Lipinski definition) is 4. The van der Waals surface area contributed by atoms with Gasteiger partial charge in [-0.05, 0) is 68.2 Å². The molecule has 0 aliphatic carbocycles. The van der Waals surface area contributed by atoms with Gasteiger partial charge < -0.3 is 20.3 Å². The molecular formula is C23H25Cl2N3O3S. The maximum absolute atomic E-state index is 12.9. The molecule has 9 heteroatoms. The minimum Gasteiger partial charge on any atom is -0.492 e. The number of nitrogens with zero attached hydrogens (tertiary/aromatic N) is 1. The summed E-state index contributed by atoms with van der Waals surface area (Å²) in [7, 11) is 0. The maximum Gasteiger partial charge on any atom is 0.255 e. The summed E-state index contributed by atoms with van der Waals surface area (Å²) in [4.78, 5) is 27.0. The number of amides is 2. The van der Waals surface area contributed by atoms with Crippen LogP contribution in [-0.2, 0) is 4.79 Å². The molecule has 1 saturated heterocycles. The molecule has 2 amide bonds. The second kappa shape index (κ2) is 12.0. The monoisotopic (exact) mass is 493 g/mol. The van der Waals surface area contributed by atoms with Crippen molar-refractivity contribution in [2.24, 2.45) is 0 Å². The van der Waals surface area contributed by atoms with Gasteiger partial charge in [-0.25, -0.2) is 0 Å². The van der Waals surface area contributed by atoms with E-state index in [0.717, 1.165) is 32.4 Å². The van der Waals surface area contributed by atoms with Crippen LogP contribution in [0.2, 0.25) is 10.0 Å². The molecule has 0 unspecified atom stereocenters. The minimum atomic E-state index is -0.242. The maximum atomic E-state index is 12.9. The zero-order chi connectivity index (χ0) is 22.9. The Bertz CT molecular complexity index is 981. The Labute approximate surface area is 203 Å². The van der Waals surface area contributed by atoms with Crippen LogP contribution in [0.3, 0.4) is 0 Å². The fourth-order valence-corrected chi connectivity index (χ4v) is 4.08. The number of carbonyl (C=O) groups excluding carboxylic acids is 2. The summed E-state index contributed by atoms with van der Waals surface area (Å²) in [5.41, 5.74) is 1.12. The highest BCUT2D eigenvalue weighted by Gasteiger charge is 2.21. The van der Waals surface area contributed by atoms with Gasteiger partial charge in [0.15, 0.2) is 5.11 Å². The molecule has 0 spiro atoms. The van der Waals surface area contributed by atoms with Crippen molar-refractivity contribution in [3.63, 3.8) is 0 Å². The zero-order valence-electron chi connectivity index (χ0n) is 17.5. The van der Waals surface area contributed by atoms with Crippen molar-refractivity contribution in [3.05, 3.63) is 58.1 Å². The molecule has 0 saturated carbocycles. The van der Waals surface area contributed by atoms with Crippen LogP contribution in [0.25, 0.3) is 0 Å². The van der Waals surface area contributed by atoms with Crippen molar-refractivity contribution in [3.8, 4) is 5.75 Å². The second-order valence-electron chi connectivity index (χ2n) is 7.43. The fraction of sp³-hybridized carbons (Fsp3) is 0.348. The molecule has 170 valence electrons. The van der Waals surface area contributed by atoms with Crippen LogP contribution in [0.15, 0.2) is 42.5 Å². The Morgan fingerprint density at radius 2 is 1.81 bits per heavy atom. The third kappa shape index (κ3) is 7.08. The molecule has 32 heavy (non-hydrogen) atoms. The van der Waals surface area contributed by atoms with Crippen LogP contribution in [0.1, 0.15) is 42.5 Å². The highest BCUT2D eigenvalue weighted by Crippen LogP contribution is 2.27. The van der Waals surface area contributed by atoms with E-state index in [-0.39, 0.29) is 23.3 Å². The molecule has 3 rings (SSSR count). The summed E-state index contributed by atoms with van der Waals surface area (Å²) < 4.78 is 5.58. The highest BCUT2D eigenvalue weighted by molar-refractivity contribution is 7.80. The lowest BCUT2D eigenvalue weighted by Gasteiger charge is -2.27. The topological polar surface area (TPSA) is 70.7 Å². The SMILES string of the molecule is O=C(CCCOc1ccc(Cl)cc1Cl)NC(=S)Nc1ccccc1C(=O)N1CCCCC1. The molecule has 2 aromatic rings. The fourth-order valence-electron chi connectivity index (χ4n) is 3.40. The van der Waals surface area contributed by atoms with E-state index in [1.54, 1.807) is 30.3 Å². The first kappa shape index (κ1) is 24.3. The first-order valence-electron chi connectivity index (χ1n) is 10.5. The Hall–Kier alpha value is -2.35. The van der Waals surface area contributed by atoms with Crippen molar-refractivity contribution in [1.29, 1.82) is 0 Å². The van der Waals surface area contributed by atoms with Gasteiger partial charge in [0.2, 0.25) is 5.91 Å². The van der Waals surface area contributed by atoms with E-state index in [4.69, 9.17) is 40.2 Å². The Kier molecular flexibility index (Phi) is 9.14. The molecular weight excluding hydrogens is 469 g/mol. The quantitative estimate of drug-likeness (QED) is 0.404. The third-order valence-corrected chi connectivity index (χ3v) is 5.74. The van der Waals surface area contributed by atoms with E-state index < -0.39 is 0 Å². The van der Waals surface area contributed by atoms with Gasteiger partial charge in [-0.1, -0.05) is 35.3 Å². The first-order chi connectivity index (χ1) is 15.4. The molecule has 6 nitrogen and oxygen atoms in total. The number of anilines is 1. The zero-order valence-corrected chi connectivity index (χ0v) is 19.9. The molecule has 0 radical (unpaired) electrons. The standard InChI is InChI=1S/C23H25Cl2N3O3S/c24-16-10-11-20(18(25)15-16)31-14-6-9-21(29)27-23(32)26-19-8-3-2-7-17(19)22(30)28-12-4-1-5-13-28/h2-3,7-8,10-11,15H,1,4-6,9,12-14H2,(H2,26,27,29,32). The lowest BCUT2D eigenvalue weighted by Crippen LogP contribution is -2.37. The molecule has 1 fully saturated rings. The number of ether oxygens (including phenoxy) is 1. The van der Waals surface area contributed by atoms with Crippen LogP contribution in [-0.4, -0.2) is 41.5 Å². The Morgan fingerprint density at radius 3 is 2.56 bits per heavy atom. The number of hydrogen-bond donors (Lipinski definition) is 2. The van der Waals surface area contributed by atoms with E-state index in [2.05, 4.69) is 10.6 Å². The number of thiocarbonyl (C=S) groups is 1. The third-order valence-electron chi connectivity index (χ3n) is 5.00. The summed E-state index contributed by atoms with van der Waals surface area (Å²) in [6.07, 6.45) is 3.89. The average molecular weight is 494 g/mol. The van der Waals surface area contributed by atoms with Crippen molar-refractivity contribution < 1.29 is 14.3 Å².